The van der Waals surface area contributed by atoms with Gasteiger partial charge in [0.2, 0.25) is 0 Å². The molecular weight excluding hydrogens is 350 g/mol. The van der Waals surface area contributed by atoms with Crippen molar-refractivity contribution >= 4 is 23.0 Å². The fourth-order valence-corrected chi connectivity index (χ4v) is 4.09. The second-order valence-corrected chi connectivity index (χ2v) is 7.38. The highest BCUT2D eigenvalue weighted by molar-refractivity contribution is 7.12. The highest BCUT2D eigenvalue weighted by Crippen LogP contribution is 2.37. The number of hydrogen-bond donors (Lipinski definition) is 1. The summed E-state index contributed by atoms with van der Waals surface area (Å²) in [5.74, 6) is 0.149. The molecule has 4 rings (SSSR count). The molecule has 26 heavy (non-hydrogen) atoms. The molecule has 7 heteroatoms. The molecule has 1 aromatic carbocycles. The summed E-state index contributed by atoms with van der Waals surface area (Å²) in [6.07, 6.45) is 0.604. The van der Waals surface area contributed by atoms with Gasteiger partial charge in [-0.05, 0) is 17.5 Å². The quantitative estimate of drug-likeness (QED) is 0.897. The van der Waals surface area contributed by atoms with Crippen LogP contribution < -0.4 is 0 Å². The van der Waals surface area contributed by atoms with Crippen molar-refractivity contribution in [2.75, 3.05) is 32.8 Å². The molecular formula is C19H21N3O3S. The number of rotatable bonds is 4. The summed E-state index contributed by atoms with van der Waals surface area (Å²) in [5, 5.41) is 18.5. The van der Waals surface area contributed by atoms with Crippen LogP contribution in [0.1, 0.15) is 22.9 Å². The van der Waals surface area contributed by atoms with Gasteiger partial charge in [-0.1, -0.05) is 24.3 Å². The van der Waals surface area contributed by atoms with Crippen LogP contribution in [0.5, 0.6) is 5.75 Å². The first kappa shape index (κ1) is 17.2. The van der Waals surface area contributed by atoms with Crippen molar-refractivity contribution in [1.82, 2.24) is 9.91 Å². The zero-order valence-corrected chi connectivity index (χ0v) is 15.2. The van der Waals surface area contributed by atoms with E-state index in [1.807, 2.05) is 29.6 Å². The number of thiophene rings is 1. The van der Waals surface area contributed by atoms with Gasteiger partial charge in [0.05, 0.1) is 36.4 Å². The number of hydrazone groups is 1. The van der Waals surface area contributed by atoms with Crippen LogP contribution in [0, 0.1) is 0 Å². The van der Waals surface area contributed by atoms with Crippen LogP contribution in [0.25, 0.3) is 0 Å². The first-order chi connectivity index (χ1) is 12.7. The molecule has 6 nitrogen and oxygen atoms in total. The second kappa shape index (κ2) is 7.57. The van der Waals surface area contributed by atoms with Crippen molar-refractivity contribution in [3.05, 3.63) is 52.2 Å². The Labute approximate surface area is 156 Å². The fourth-order valence-electron chi connectivity index (χ4n) is 3.37. The standard InChI is InChI=1S/C19H21N3O3S/c23-17-5-2-1-4-14(17)16-12-15(18-6-3-11-26-18)20-22(16)19(24)13-21-7-9-25-10-8-21/h1-6,11,16,23H,7-10,12-13H2/t16-/m0/s1. The predicted octanol–water partition coefficient (Wildman–Crippen LogP) is 2.46. The lowest BCUT2D eigenvalue weighted by molar-refractivity contribution is -0.135. The lowest BCUT2D eigenvalue weighted by atomic mass is 10.00. The van der Waals surface area contributed by atoms with Crippen LogP contribution >= 0.6 is 11.3 Å². The number of carbonyl (C=O) groups is 1. The van der Waals surface area contributed by atoms with Crippen molar-refractivity contribution in [2.24, 2.45) is 5.10 Å². The van der Waals surface area contributed by atoms with E-state index in [9.17, 15) is 9.90 Å². The number of morpholine rings is 1. The Kier molecular flexibility index (Phi) is 5.01. The summed E-state index contributed by atoms with van der Waals surface area (Å²) >= 11 is 1.61. The van der Waals surface area contributed by atoms with E-state index in [4.69, 9.17) is 4.74 Å². The molecule has 1 amide bonds. The molecule has 1 aromatic heterocycles. The summed E-state index contributed by atoms with van der Waals surface area (Å²) in [5.41, 5.74) is 1.63. The summed E-state index contributed by atoms with van der Waals surface area (Å²) in [7, 11) is 0. The molecule has 0 saturated carbocycles. The monoisotopic (exact) mass is 371 g/mol. The molecule has 0 spiro atoms. The maximum absolute atomic E-state index is 13.0. The van der Waals surface area contributed by atoms with Gasteiger partial charge in [0.25, 0.3) is 5.91 Å². The van der Waals surface area contributed by atoms with E-state index in [1.165, 1.54) is 0 Å². The van der Waals surface area contributed by atoms with Crippen LogP contribution in [-0.2, 0) is 9.53 Å². The second-order valence-electron chi connectivity index (χ2n) is 6.43. The molecule has 2 aromatic rings. The number of amides is 1. The molecule has 0 aliphatic carbocycles. The SMILES string of the molecule is O=C(CN1CCOCC1)N1N=C(c2cccs2)C[C@H]1c1ccccc1O. The number of carbonyl (C=O) groups excluding carboxylic acids is 1. The maximum Gasteiger partial charge on any atom is 0.257 e. The number of hydrogen-bond acceptors (Lipinski definition) is 6. The zero-order chi connectivity index (χ0) is 17.9. The van der Waals surface area contributed by atoms with Crippen molar-refractivity contribution < 1.29 is 14.6 Å². The number of benzene rings is 1. The average Bonchev–Trinajstić information content (AvgIpc) is 3.33. The van der Waals surface area contributed by atoms with Crippen LogP contribution in [0.3, 0.4) is 0 Å². The normalized spacial score (nSPS) is 21.0. The number of ether oxygens (including phenoxy) is 1. The Morgan fingerprint density at radius 2 is 2.04 bits per heavy atom. The topological polar surface area (TPSA) is 65.4 Å². The van der Waals surface area contributed by atoms with E-state index in [0.29, 0.717) is 26.2 Å². The third-order valence-corrected chi connectivity index (χ3v) is 5.65. The first-order valence-corrected chi connectivity index (χ1v) is 9.62. The minimum absolute atomic E-state index is 0.0493. The summed E-state index contributed by atoms with van der Waals surface area (Å²) in [4.78, 5) is 16.1. The molecule has 136 valence electrons. The summed E-state index contributed by atoms with van der Waals surface area (Å²) in [6.45, 7) is 3.12. The smallest absolute Gasteiger partial charge is 0.257 e. The fraction of sp³-hybridized carbons (Fsp3) is 0.368. The number of para-hydroxylation sites is 1. The molecule has 0 radical (unpaired) electrons. The van der Waals surface area contributed by atoms with Gasteiger partial charge in [-0.25, -0.2) is 5.01 Å². The Morgan fingerprint density at radius 3 is 2.77 bits per heavy atom. The van der Waals surface area contributed by atoms with E-state index in [0.717, 1.165) is 29.2 Å². The van der Waals surface area contributed by atoms with E-state index in [-0.39, 0.29) is 17.7 Å². The molecule has 1 N–H and O–H groups in total. The minimum Gasteiger partial charge on any atom is -0.508 e. The zero-order valence-electron chi connectivity index (χ0n) is 14.4. The number of aromatic hydroxyl groups is 1. The van der Waals surface area contributed by atoms with Gasteiger partial charge in [0, 0.05) is 25.1 Å². The minimum atomic E-state index is -0.276. The molecule has 1 saturated heterocycles. The van der Waals surface area contributed by atoms with Crippen LogP contribution in [0.2, 0.25) is 0 Å². The van der Waals surface area contributed by atoms with Gasteiger partial charge in [-0.3, -0.25) is 9.69 Å². The van der Waals surface area contributed by atoms with Crippen molar-refractivity contribution in [1.29, 1.82) is 0 Å². The number of phenolic OH excluding ortho intramolecular Hbond substituents is 1. The van der Waals surface area contributed by atoms with Crippen LogP contribution in [0.15, 0.2) is 46.9 Å². The lowest BCUT2D eigenvalue weighted by Crippen LogP contribution is -2.43. The summed E-state index contributed by atoms with van der Waals surface area (Å²) < 4.78 is 5.35. The van der Waals surface area contributed by atoms with Gasteiger partial charge in [0.1, 0.15) is 5.75 Å². The lowest BCUT2D eigenvalue weighted by Gasteiger charge is -2.29. The molecule has 2 aliphatic heterocycles. The summed E-state index contributed by atoms with van der Waals surface area (Å²) in [6, 6.07) is 10.9. The number of nitrogens with zero attached hydrogens (tertiary/aromatic N) is 3. The van der Waals surface area contributed by atoms with Gasteiger partial charge >= 0.3 is 0 Å². The van der Waals surface area contributed by atoms with E-state index < -0.39 is 0 Å². The van der Waals surface area contributed by atoms with Gasteiger partial charge < -0.3 is 9.84 Å². The molecule has 0 bridgehead atoms. The Morgan fingerprint density at radius 1 is 1.23 bits per heavy atom. The highest BCUT2D eigenvalue weighted by Gasteiger charge is 2.35. The first-order valence-electron chi connectivity index (χ1n) is 8.74. The van der Waals surface area contributed by atoms with Crippen LogP contribution in [0.4, 0.5) is 0 Å². The van der Waals surface area contributed by atoms with Crippen molar-refractivity contribution in [3.8, 4) is 5.75 Å². The third kappa shape index (κ3) is 3.51. The molecule has 2 aliphatic rings. The Hall–Kier alpha value is -2.22. The predicted molar refractivity (Wildman–Crippen MR) is 100 cm³/mol. The molecule has 1 fully saturated rings. The van der Waals surface area contributed by atoms with Gasteiger partial charge in [-0.15, -0.1) is 11.3 Å². The molecule has 0 unspecified atom stereocenters. The van der Waals surface area contributed by atoms with Gasteiger partial charge in [-0.2, -0.15) is 5.10 Å². The Bertz CT molecular complexity index is 800. The van der Waals surface area contributed by atoms with Crippen molar-refractivity contribution in [2.45, 2.75) is 12.5 Å². The van der Waals surface area contributed by atoms with E-state index >= 15 is 0 Å². The van der Waals surface area contributed by atoms with Crippen LogP contribution in [-0.4, -0.2) is 59.5 Å². The molecule has 3 heterocycles. The number of phenols is 1. The highest BCUT2D eigenvalue weighted by atomic mass is 32.1. The Balaban J connectivity index is 1.60. The van der Waals surface area contributed by atoms with Gasteiger partial charge in [0.15, 0.2) is 0 Å². The van der Waals surface area contributed by atoms with Crippen molar-refractivity contribution in [3.63, 3.8) is 0 Å². The molecule has 1 atom stereocenters. The van der Waals surface area contributed by atoms with E-state index in [1.54, 1.807) is 28.5 Å². The average molecular weight is 371 g/mol. The van der Waals surface area contributed by atoms with E-state index in [2.05, 4.69) is 10.0 Å². The maximum atomic E-state index is 13.0. The largest absolute Gasteiger partial charge is 0.508 e. The third-order valence-electron chi connectivity index (χ3n) is 4.73.